The second-order valence-corrected chi connectivity index (χ2v) is 4.08. The van der Waals surface area contributed by atoms with Gasteiger partial charge in [-0.15, -0.1) is 0 Å². The molecule has 0 aromatic rings. The molecule has 0 unspecified atom stereocenters. The fourth-order valence-corrected chi connectivity index (χ4v) is 2.54. The van der Waals surface area contributed by atoms with Crippen LogP contribution in [0.15, 0.2) is 20.5 Å². The van der Waals surface area contributed by atoms with E-state index in [-0.39, 0.29) is 0 Å². The zero-order valence-electron chi connectivity index (χ0n) is 6.70. The van der Waals surface area contributed by atoms with Crippen molar-refractivity contribution in [1.82, 2.24) is 0 Å². The number of hydrogen-bond acceptors (Lipinski definition) is 0. The Balaban J connectivity index is 2.79. The topological polar surface area (TPSA) is 0 Å². The van der Waals surface area contributed by atoms with Gasteiger partial charge in [0.1, 0.15) is 0 Å². The van der Waals surface area contributed by atoms with E-state index in [1.165, 1.54) is 19.3 Å². The Bertz CT molecular complexity index is 187. The average Bonchev–Trinajstić information content (AvgIpc) is 2.30. The minimum atomic E-state index is 1.22. The third kappa shape index (κ3) is 1.50. The van der Waals surface area contributed by atoms with E-state index in [4.69, 9.17) is 0 Å². The molecule has 0 saturated heterocycles. The molecule has 53 valence electrons. The maximum absolute atomic E-state index is 2.39. The second-order valence-electron chi connectivity index (χ2n) is 2.60. The first-order chi connectivity index (χ1) is 4.79. The molecule has 0 spiro atoms. The molecule has 0 aromatic carbocycles. The monoisotopic (exact) mass is 211 g/mol. The van der Waals surface area contributed by atoms with Crippen molar-refractivity contribution in [2.24, 2.45) is 0 Å². The number of rotatable bonds is 2. The molecule has 0 bridgehead atoms. The van der Waals surface area contributed by atoms with Gasteiger partial charge in [0.15, 0.2) is 0 Å². The summed E-state index contributed by atoms with van der Waals surface area (Å²) in [5.74, 6) is 0. The predicted molar refractivity (Wildman–Crippen MR) is 40.3 cm³/mol. The molecule has 0 N–H and O–H groups in total. The molecule has 0 radical (unpaired) electrons. The van der Waals surface area contributed by atoms with Crippen LogP contribution >= 0.6 is 0 Å². The van der Waals surface area contributed by atoms with Crippen LogP contribution in [0.4, 0.5) is 0 Å². The third-order valence-corrected chi connectivity index (χ3v) is 3.28. The van der Waals surface area contributed by atoms with Gasteiger partial charge in [0.25, 0.3) is 0 Å². The molecule has 1 rings (SSSR count). The fraction of sp³-hybridized carbons (Fsp3) is 0.556. The molecule has 0 amide bonds. The summed E-state index contributed by atoms with van der Waals surface area (Å²) < 4.78 is 1.67. The van der Waals surface area contributed by atoms with E-state index >= 15 is 0 Å². The molecule has 10 heavy (non-hydrogen) atoms. The Labute approximate surface area is 78.2 Å². The van der Waals surface area contributed by atoms with Gasteiger partial charge in [0.2, 0.25) is 0 Å². The van der Waals surface area contributed by atoms with Gasteiger partial charge >= 0.3 is 78.3 Å². The van der Waals surface area contributed by atoms with Crippen molar-refractivity contribution < 1.29 is 24.7 Å². The SMILES string of the molecule is CCC1=CC[C]([Zr])=C1CC. The molecule has 0 nitrogen and oxygen atoms in total. The van der Waals surface area contributed by atoms with Gasteiger partial charge in [0.05, 0.1) is 0 Å². The van der Waals surface area contributed by atoms with Crippen LogP contribution in [-0.2, 0) is 24.7 Å². The van der Waals surface area contributed by atoms with Gasteiger partial charge in [-0.1, -0.05) is 0 Å². The summed E-state index contributed by atoms with van der Waals surface area (Å²) in [5, 5.41) is 0. The van der Waals surface area contributed by atoms with Crippen molar-refractivity contribution in [3.8, 4) is 0 Å². The van der Waals surface area contributed by atoms with Gasteiger partial charge in [-0.3, -0.25) is 0 Å². The van der Waals surface area contributed by atoms with Crippen molar-refractivity contribution in [2.45, 2.75) is 33.1 Å². The molecule has 0 aromatic heterocycles. The van der Waals surface area contributed by atoms with Crippen molar-refractivity contribution in [3.63, 3.8) is 0 Å². The predicted octanol–water partition coefficient (Wildman–Crippen LogP) is 2.94. The summed E-state index contributed by atoms with van der Waals surface area (Å²) in [5.41, 5.74) is 3.26. The van der Waals surface area contributed by atoms with Crippen LogP contribution in [0.3, 0.4) is 0 Å². The van der Waals surface area contributed by atoms with Gasteiger partial charge in [-0.25, -0.2) is 0 Å². The summed E-state index contributed by atoms with van der Waals surface area (Å²) in [7, 11) is 0. The van der Waals surface area contributed by atoms with Crippen LogP contribution in [0.25, 0.3) is 0 Å². The minimum absolute atomic E-state index is 1.22. The van der Waals surface area contributed by atoms with E-state index in [9.17, 15) is 0 Å². The zero-order chi connectivity index (χ0) is 7.56. The summed E-state index contributed by atoms with van der Waals surface area (Å²) in [6.07, 6.45) is 6.09. The van der Waals surface area contributed by atoms with Crippen molar-refractivity contribution in [1.29, 1.82) is 0 Å². The Kier molecular flexibility index (Phi) is 3.10. The van der Waals surface area contributed by atoms with E-state index in [1.54, 1.807) is 39.1 Å². The van der Waals surface area contributed by atoms with Gasteiger partial charge in [-0.2, -0.15) is 0 Å². The first-order valence-corrected chi connectivity index (χ1v) is 5.15. The molecular weight excluding hydrogens is 199 g/mol. The molecule has 1 aliphatic carbocycles. The Morgan fingerprint density at radius 3 is 2.50 bits per heavy atom. The standard InChI is InChI=1S/C9H13.Zr/c1-3-8-6-5-7-9(8)4-2;/h6H,3-5H2,1-2H3;. The van der Waals surface area contributed by atoms with Gasteiger partial charge in [-0.05, 0) is 0 Å². The van der Waals surface area contributed by atoms with Crippen LogP contribution in [0.1, 0.15) is 33.1 Å². The van der Waals surface area contributed by atoms with Crippen LogP contribution in [0.2, 0.25) is 0 Å². The normalized spacial score (nSPS) is 17.9. The molecule has 0 saturated carbocycles. The summed E-state index contributed by atoms with van der Waals surface area (Å²) in [6, 6.07) is 0. The van der Waals surface area contributed by atoms with E-state index in [0.717, 1.165) is 0 Å². The maximum atomic E-state index is 2.39. The Morgan fingerprint density at radius 1 is 1.40 bits per heavy atom. The summed E-state index contributed by atoms with van der Waals surface area (Å²) in [6.45, 7) is 4.50. The van der Waals surface area contributed by atoms with Gasteiger partial charge < -0.3 is 0 Å². The van der Waals surface area contributed by atoms with Crippen LogP contribution in [-0.4, -0.2) is 0 Å². The van der Waals surface area contributed by atoms with Crippen molar-refractivity contribution in [3.05, 3.63) is 20.5 Å². The first kappa shape index (κ1) is 8.46. The van der Waals surface area contributed by atoms with E-state index in [1.807, 2.05) is 0 Å². The summed E-state index contributed by atoms with van der Waals surface area (Å²) >= 11 is 1.61. The van der Waals surface area contributed by atoms with E-state index in [0.29, 0.717) is 0 Å². The number of hydrogen-bond donors (Lipinski definition) is 0. The van der Waals surface area contributed by atoms with Crippen LogP contribution in [0.5, 0.6) is 0 Å². The quantitative estimate of drug-likeness (QED) is 0.660. The third-order valence-electron chi connectivity index (χ3n) is 2.04. The molecule has 0 atom stereocenters. The van der Waals surface area contributed by atoms with Gasteiger partial charge in [0, 0.05) is 0 Å². The zero-order valence-corrected chi connectivity index (χ0v) is 9.16. The molecular formula is C9H13Zr. The Hall–Kier alpha value is 0.363. The molecule has 0 fully saturated rings. The average molecular weight is 212 g/mol. The molecule has 0 heterocycles. The number of allylic oxidation sites excluding steroid dienone is 4. The molecule has 1 aliphatic rings. The van der Waals surface area contributed by atoms with E-state index < -0.39 is 0 Å². The van der Waals surface area contributed by atoms with Crippen LogP contribution < -0.4 is 0 Å². The molecule has 1 heteroatoms. The van der Waals surface area contributed by atoms with Crippen molar-refractivity contribution in [2.75, 3.05) is 0 Å². The Morgan fingerprint density at radius 2 is 2.10 bits per heavy atom. The van der Waals surface area contributed by atoms with Crippen molar-refractivity contribution >= 4 is 0 Å². The second kappa shape index (κ2) is 3.67. The van der Waals surface area contributed by atoms with Crippen LogP contribution in [0, 0.1) is 0 Å². The first-order valence-electron chi connectivity index (χ1n) is 3.92. The fourth-order valence-electron chi connectivity index (χ4n) is 1.46. The summed E-state index contributed by atoms with van der Waals surface area (Å²) in [4.78, 5) is 0. The van der Waals surface area contributed by atoms with E-state index in [2.05, 4.69) is 19.9 Å². The molecule has 0 aliphatic heterocycles.